The number of ether oxygens (including phenoxy) is 2. The van der Waals surface area contributed by atoms with Gasteiger partial charge in [0.05, 0.1) is 0 Å². The molecule has 0 aromatic rings. The molecule has 104 valence electrons. The van der Waals surface area contributed by atoms with Crippen molar-refractivity contribution in [2.24, 2.45) is 4.99 Å². The maximum Gasteiger partial charge on any atom is 0.441 e. The van der Waals surface area contributed by atoms with Crippen LogP contribution in [-0.4, -0.2) is 37.4 Å². The molecule has 0 heterocycles. The van der Waals surface area contributed by atoms with E-state index >= 15 is 0 Å². The van der Waals surface area contributed by atoms with Crippen LogP contribution >= 0.6 is 0 Å². The third-order valence-corrected chi connectivity index (χ3v) is 1.60. The van der Waals surface area contributed by atoms with Crippen LogP contribution in [0.5, 0.6) is 0 Å². The van der Waals surface area contributed by atoms with Crippen molar-refractivity contribution in [1.82, 2.24) is 0 Å². The highest BCUT2D eigenvalue weighted by Crippen LogP contribution is 2.17. The van der Waals surface area contributed by atoms with Crippen LogP contribution in [-0.2, 0) is 9.47 Å². The number of hydrogen-bond acceptors (Lipinski definition) is 3. The molecule has 0 rings (SSSR count). The van der Waals surface area contributed by atoms with Gasteiger partial charge in [-0.05, 0) is 39.5 Å². The smallest absolute Gasteiger partial charge is 0.342 e. The van der Waals surface area contributed by atoms with E-state index in [-0.39, 0.29) is 0 Å². The Morgan fingerprint density at radius 3 is 2.00 bits per heavy atom. The van der Waals surface area contributed by atoms with E-state index < -0.39 is 24.2 Å². The monoisotopic (exact) mass is 265 g/mol. The van der Waals surface area contributed by atoms with Gasteiger partial charge in [-0.15, -0.1) is 0 Å². The van der Waals surface area contributed by atoms with E-state index in [0.717, 1.165) is 0 Å². The third kappa shape index (κ3) is 7.30. The van der Waals surface area contributed by atoms with Gasteiger partial charge in [0.15, 0.2) is 5.71 Å². The van der Waals surface area contributed by atoms with Crippen LogP contribution in [0, 0.1) is 11.8 Å². The topological polar surface area (TPSA) is 30.8 Å². The first kappa shape index (κ1) is 16.9. The summed E-state index contributed by atoms with van der Waals surface area (Å²) in [6.45, 7) is 7.14. The summed E-state index contributed by atoms with van der Waals surface area (Å²) in [6.07, 6.45) is -5.51. The molecule has 0 aromatic carbocycles. The average molecular weight is 265 g/mol. The largest absolute Gasteiger partial charge is 0.441 e. The maximum atomic E-state index is 12.6. The van der Waals surface area contributed by atoms with Crippen LogP contribution < -0.4 is 0 Å². The first-order valence-corrected chi connectivity index (χ1v) is 5.71. The Hall–Kier alpha value is -1.06. The van der Waals surface area contributed by atoms with E-state index in [0.29, 0.717) is 13.2 Å². The first-order valence-electron chi connectivity index (χ1n) is 5.71. The SMILES string of the molecule is CCOC(C#CC(=NC(C)C)C(F)(F)F)OCC. The lowest BCUT2D eigenvalue weighted by molar-refractivity contribution is -0.0970. The average Bonchev–Trinajstić information content (AvgIpc) is 2.22. The van der Waals surface area contributed by atoms with Gasteiger partial charge < -0.3 is 9.47 Å². The molecule has 0 bridgehead atoms. The molecule has 0 radical (unpaired) electrons. The third-order valence-electron chi connectivity index (χ3n) is 1.60. The molecule has 0 aliphatic carbocycles. The highest BCUT2D eigenvalue weighted by Gasteiger charge is 2.34. The second kappa shape index (κ2) is 8.11. The van der Waals surface area contributed by atoms with E-state index in [1.54, 1.807) is 27.7 Å². The Bertz CT molecular complexity index is 320. The summed E-state index contributed by atoms with van der Waals surface area (Å²) in [5, 5.41) is 0. The number of aliphatic imine (C=N–C) groups is 1. The number of halogens is 3. The number of alkyl halides is 3. The van der Waals surface area contributed by atoms with Crippen LogP contribution in [0.25, 0.3) is 0 Å². The van der Waals surface area contributed by atoms with Gasteiger partial charge in [-0.2, -0.15) is 13.2 Å². The van der Waals surface area contributed by atoms with Crippen molar-refractivity contribution in [2.75, 3.05) is 13.2 Å². The fraction of sp³-hybridized carbons (Fsp3) is 0.750. The zero-order valence-corrected chi connectivity index (χ0v) is 11.0. The standard InChI is InChI=1S/C12H18F3NO2/c1-5-17-11(18-6-2)8-7-10(12(13,14)15)16-9(3)4/h9,11H,5-6H2,1-4H3. The van der Waals surface area contributed by atoms with Crippen molar-refractivity contribution in [2.45, 2.75) is 46.2 Å². The lowest BCUT2D eigenvalue weighted by Gasteiger charge is -2.10. The molecule has 6 heteroatoms. The minimum Gasteiger partial charge on any atom is -0.342 e. The molecule has 3 nitrogen and oxygen atoms in total. The summed E-state index contributed by atoms with van der Waals surface area (Å²) < 4.78 is 47.8. The molecule has 18 heavy (non-hydrogen) atoms. The predicted octanol–water partition coefficient (Wildman–Crippen LogP) is 2.80. The minimum absolute atomic E-state index is 0.308. The van der Waals surface area contributed by atoms with Crippen molar-refractivity contribution in [1.29, 1.82) is 0 Å². The van der Waals surface area contributed by atoms with Gasteiger partial charge in [-0.1, -0.05) is 0 Å². The molecule has 0 fully saturated rings. The van der Waals surface area contributed by atoms with Gasteiger partial charge in [0.2, 0.25) is 6.29 Å². The van der Waals surface area contributed by atoms with E-state index in [2.05, 4.69) is 10.9 Å². The Balaban J connectivity index is 4.97. The highest BCUT2D eigenvalue weighted by atomic mass is 19.4. The van der Waals surface area contributed by atoms with Crippen LogP contribution in [0.3, 0.4) is 0 Å². The summed E-state index contributed by atoms with van der Waals surface area (Å²) in [4.78, 5) is 3.45. The van der Waals surface area contributed by atoms with Crippen molar-refractivity contribution >= 4 is 5.71 Å². The van der Waals surface area contributed by atoms with Gasteiger partial charge in [0.25, 0.3) is 0 Å². The summed E-state index contributed by atoms with van der Waals surface area (Å²) in [5.74, 6) is 4.27. The zero-order valence-electron chi connectivity index (χ0n) is 11.0. The normalized spacial score (nSPS) is 12.8. The van der Waals surface area contributed by atoms with E-state index in [1.165, 1.54) is 0 Å². The Kier molecular flexibility index (Phi) is 7.64. The Morgan fingerprint density at radius 2 is 1.67 bits per heavy atom. The molecule has 0 atom stereocenters. The summed E-state index contributed by atoms with van der Waals surface area (Å²) >= 11 is 0. The van der Waals surface area contributed by atoms with Gasteiger partial charge >= 0.3 is 6.18 Å². The van der Waals surface area contributed by atoms with Crippen molar-refractivity contribution in [3.63, 3.8) is 0 Å². The van der Waals surface area contributed by atoms with Crippen molar-refractivity contribution in [3.8, 4) is 11.8 Å². The fourth-order valence-electron chi connectivity index (χ4n) is 0.996. The molecule has 0 saturated heterocycles. The first-order chi connectivity index (χ1) is 8.31. The summed E-state index contributed by atoms with van der Waals surface area (Å²) in [6, 6.07) is -0.478. The maximum absolute atomic E-state index is 12.6. The van der Waals surface area contributed by atoms with E-state index in [4.69, 9.17) is 9.47 Å². The van der Waals surface area contributed by atoms with Gasteiger partial charge in [-0.25, -0.2) is 0 Å². The fourth-order valence-corrected chi connectivity index (χ4v) is 0.996. The predicted molar refractivity (Wildman–Crippen MR) is 63.4 cm³/mol. The number of hydrogen-bond donors (Lipinski definition) is 0. The van der Waals surface area contributed by atoms with Crippen molar-refractivity contribution < 1.29 is 22.6 Å². The van der Waals surface area contributed by atoms with Gasteiger partial charge in [0, 0.05) is 19.3 Å². The molecule has 0 aliphatic rings. The van der Waals surface area contributed by atoms with E-state index in [9.17, 15) is 13.2 Å². The molecular formula is C12H18F3NO2. The molecule has 0 spiro atoms. The molecular weight excluding hydrogens is 247 g/mol. The molecule has 0 aromatic heterocycles. The molecule has 0 aliphatic heterocycles. The highest BCUT2D eigenvalue weighted by molar-refractivity contribution is 6.04. The quantitative estimate of drug-likeness (QED) is 0.435. The molecule has 0 unspecified atom stereocenters. The van der Waals surface area contributed by atoms with Crippen LogP contribution in [0.15, 0.2) is 4.99 Å². The lowest BCUT2D eigenvalue weighted by Crippen LogP contribution is -2.24. The Morgan fingerprint density at radius 1 is 1.17 bits per heavy atom. The lowest BCUT2D eigenvalue weighted by atomic mass is 10.3. The van der Waals surface area contributed by atoms with Gasteiger partial charge in [-0.3, -0.25) is 4.99 Å². The summed E-state index contributed by atoms with van der Waals surface area (Å²) in [5.41, 5.74) is -1.11. The van der Waals surface area contributed by atoms with Crippen LogP contribution in [0.1, 0.15) is 27.7 Å². The second-order valence-corrected chi connectivity index (χ2v) is 3.58. The second-order valence-electron chi connectivity index (χ2n) is 3.58. The number of rotatable bonds is 5. The Labute approximate surface area is 105 Å². The van der Waals surface area contributed by atoms with Crippen LogP contribution in [0.4, 0.5) is 13.2 Å². The zero-order chi connectivity index (χ0) is 14.2. The molecule has 0 saturated carbocycles. The molecule has 0 amide bonds. The van der Waals surface area contributed by atoms with Crippen LogP contribution in [0.2, 0.25) is 0 Å². The van der Waals surface area contributed by atoms with Gasteiger partial charge in [0.1, 0.15) is 0 Å². The van der Waals surface area contributed by atoms with Crippen molar-refractivity contribution in [3.05, 3.63) is 0 Å². The number of nitrogens with zero attached hydrogens (tertiary/aromatic N) is 1. The summed E-state index contributed by atoms with van der Waals surface area (Å²) in [7, 11) is 0. The minimum atomic E-state index is -4.56. The molecule has 0 N–H and O–H groups in total. The van der Waals surface area contributed by atoms with E-state index in [1.807, 2.05) is 5.92 Å².